The molecule has 190 valence electrons. The maximum atomic E-state index is 13.4. The van der Waals surface area contributed by atoms with Gasteiger partial charge in [0.05, 0.1) is 15.9 Å². The van der Waals surface area contributed by atoms with Crippen LogP contribution in [0.3, 0.4) is 0 Å². The Labute approximate surface area is 228 Å². The molecule has 4 bridgehead atoms. The van der Waals surface area contributed by atoms with Gasteiger partial charge in [-0.2, -0.15) is 14.6 Å². The van der Waals surface area contributed by atoms with Crippen molar-refractivity contribution < 1.29 is 0 Å². The predicted octanol–water partition coefficient (Wildman–Crippen LogP) is 5.58. The SMILES string of the molecule is O=c1/c(=C/c2cn(-c3ccccc3)nc2C23CC4CC(CC(C4)C2)C3)sc2nc(/C=C/c3cccs3)nn12. The first kappa shape index (κ1) is 22.6. The molecule has 38 heavy (non-hydrogen) atoms. The highest BCUT2D eigenvalue weighted by Crippen LogP contribution is 2.61. The highest BCUT2D eigenvalue weighted by atomic mass is 32.1. The summed E-state index contributed by atoms with van der Waals surface area (Å²) >= 11 is 3.07. The average molecular weight is 538 g/mol. The maximum Gasteiger partial charge on any atom is 0.291 e. The van der Waals surface area contributed by atoms with E-state index < -0.39 is 0 Å². The van der Waals surface area contributed by atoms with Gasteiger partial charge in [-0.3, -0.25) is 4.79 Å². The fraction of sp³-hybridized carbons (Fsp3) is 0.333. The van der Waals surface area contributed by atoms with E-state index >= 15 is 0 Å². The van der Waals surface area contributed by atoms with Gasteiger partial charge in [0.15, 0.2) is 5.82 Å². The van der Waals surface area contributed by atoms with Crippen LogP contribution >= 0.6 is 22.7 Å². The van der Waals surface area contributed by atoms with Gasteiger partial charge in [0, 0.05) is 22.1 Å². The molecule has 8 heteroatoms. The Morgan fingerprint density at radius 2 is 1.68 bits per heavy atom. The Bertz CT molecular complexity index is 1740. The first-order valence-corrected chi connectivity index (χ1v) is 15.1. The van der Waals surface area contributed by atoms with Crippen LogP contribution in [-0.2, 0) is 5.41 Å². The number of fused-ring (bicyclic) bond motifs is 1. The van der Waals surface area contributed by atoms with Gasteiger partial charge in [-0.1, -0.05) is 35.6 Å². The van der Waals surface area contributed by atoms with Crippen LogP contribution in [0.4, 0.5) is 0 Å². The molecule has 0 amide bonds. The summed E-state index contributed by atoms with van der Waals surface area (Å²) in [4.78, 5) is 19.8. The monoisotopic (exact) mass is 537 g/mol. The highest BCUT2D eigenvalue weighted by Gasteiger charge is 2.53. The minimum atomic E-state index is -0.114. The molecule has 0 atom stereocenters. The number of para-hydroxylation sites is 1. The Morgan fingerprint density at radius 1 is 0.921 bits per heavy atom. The normalized spacial score (nSPS) is 26.8. The third-order valence-corrected chi connectivity index (χ3v) is 10.5. The molecular weight excluding hydrogens is 510 g/mol. The number of thiophene rings is 1. The van der Waals surface area contributed by atoms with Crippen molar-refractivity contribution in [2.24, 2.45) is 17.8 Å². The van der Waals surface area contributed by atoms with Crippen molar-refractivity contribution >= 4 is 45.9 Å². The third kappa shape index (κ3) is 3.73. The van der Waals surface area contributed by atoms with E-state index in [0.717, 1.165) is 33.9 Å². The summed E-state index contributed by atoms with van der Waals surface area (Å²) in [5, 5.41) is 11.8. The summed E-state index contributed by atoms with van der Waals surface area (Å²) < 4.78 is 4.11. The molecule has 4 aromatic heterocycles. The zero-order chi connectivity index (χ0) is 25.3. The third-order valence-electron chi connectivity index (χ3n) is 8.73. The fourth-order valence-corrected chi connectivity index (χ4v) is 9.15. The molecule has 4 fully saturated rings. The number of benzene rings is 1. The summed E-state index contributed by atoms with van der Waals surface area (Å²) in [6.45, 7) is 0. The van der Waals surface area contributed by atoms with E-state index in [2.05, 4.69) is 28.4 Å². The number of thiazole rings is 1. The minimum Gasteiger partial charge on any atom is -0.266 e. The maximum absolute atomic E-state index is 13.4. The van der Waals surface area contributed by atoms with E-state index in [0.29, 0.717) is 15.3 Å². The summed E-state index contributed by atoms with van der Waals surface area (Å²) in [5.74, 6) is 3.02. The van der Waals surface area contributed by atoms with Crippen molar-refractivity contribution in [2.45, 2.75) is 43.9 Å². The van der Waals surface area contributed by atoms with Crippen LogP contribution in [0.5, 0.6) is 0 Å². The molecule has 4 saturated carbocycles. The molecule has 9 rings (SSSR count). The van der Waals surface area contributed by atoms with E-state index in [1.165, 1.54) is 60.1 Å². The van der Waals surface area contributed by atoms with E-state index in [1.807, 2.05) is 58.6 Å². The first-order valence-electron chi connectivity index (χ1n) is 13.4. The van der Waals surface area contributed by atoms with Gasteiger partial charge in [0.1, 0.15) is 0 Å². The standard InChI is InChI=1S/C30H27N5OS2/c36-28-25(38-29-31-26(32-35(28)29)9-8-24-7-4-10-37-24)14-22-18-34(23-5-2-1-3-6-23)33-27(22)30-15-19-11-20(16-30)13-21(12-19)17-30/h1-10,14,18-21H,11-13,15-17H2/b9-8+,25-14-. The van der Waals surface area contributed by atoms with Crippen LogP contribution < -0.4 is 10.1 Å². The Hall–Kier alpha value is -3.36. The second-order valence-corrected chi connectivity index (χ2v) is 13.3. The lowest BCUT2D eigenvalue weighted by Gasteiger charge is -2.56. The topological polar surface area (TPSA) is 65.1 Å². The predicted molar refractivity (Wildman–Crippen MR) is 153 cm³/mol. The van der Waals surface area contributed by atoms with Crippen molar-refractivity contribution in [1.82, 2.24) is 24.4 Å². The Morgan fingerprint density at radius 3 is 2.37 bits per heavy atom. The lowest BCUT2D eigenvalue weighted by Crippen LogP contribution is -2.49. The van der Waals surface area contributed by atoms with Crippen molar-refractivity contribution in [3.05, 3.63) is 90.9 Å². The largest absolute Gasteiger partial charge is 0.291 e. The first-order chi connectivity index (χ1) is 18.6. The van der Waals surface area contributed by atoms with Gasteiger partial charge in [-0.05, 0) is 98.1 Å². The van der Waals surface area contributed by atoms with E-state index in [4.69, 9.17) is 5.10 Å². The minimum absolute atomic E-state index is 0.114. The van der Waals surface area contributed by atoms with Crippen molar-refractivity contribution in [1.29, 1.82) is 0 Å². The number of rotatable bonds is 5. The van der Waals surface area contributed by atoms with Gasteiger partial charge in [-0.25, -0.2) is 4.68 Å². The zero-order valence-corrected chi connectivity index (χ0v) is 22.5. The molecule has 6 nitrogen and oxygen atoms in total. The Kier molecular flexibility index (Phi) is 5.10. The second-order valence-electron chi connectivity index (χ2n) is 11.3. The fourth-order valence-electron chi connectivity index (χ4n) is 7.62. The van der Waals surface area contributed by atoms with Crippen molar-refractivity contribution in [2.75, 3.05) is 0 Å². The number of hydrogen-bond acceptors (Lipinski definition) is 6. The van der Waals surface area contributed by atoms with Gasteiger partial charge in [-0.15, -0.1) is 16.4 Å². The Balaban J connectivity index is 1.23. The van der Waals surface area contributed by atoms with Gasteiger partial charge in [0.25, 0.3) is 5.56 Å². The molecule has 0 radical (unpaired) electrons. The molecule has 4 aliphatic rings. The number of nitrogens with zero attached hydrogens (tertiary/aromatic N) is 5. The lowest BCUT2D eigenvalue weighted by molar-refractivity contribution is -0.00743. The van der Waals surface area contributed by atoms with E-state index in [9.17, 15) is 4.79 Å². The van der Waals surface area contributed by atoms with Crippen molar-refractivity contribution in [3.8, 4) is 5.69 Å². The molecular formula is C30H27N5OS2. The molecule has 1 aromatic carbocycles. The number of hydrogen-bond donors (Lipinski definition) is 0. The van der Waals surface area contributed by atoms with Crippen LogP contribution in [0, 0.1) is 17.8 Å². The molecule has 0 aliphatic heterocycles. The summed E-state index contributed by atoms with van der Waals surface area (Å²) in [5.41, 5.74) is 3.30. The van der Waals surface area contributed by atoms with Crippen LogP contribution in [0.15, 0.2) is 58.8 Å². The van der Waals surface area contributed by atoms with Gasteiger partial charge in [0.2, 0.25) is 4.96 Å². The van der Waals surface area contributed by atoms with Gasteiger partial charge < -0.3 is 0 Å². The summed E-state index contributed by atoms with van der Waals surface area (Å²) in [6.07, 6.45) is 15.9. The summed E-state index contributed by atoms with van der Waals surface area (Å²) in [7, 11) is 0. The average Bonchev–Trinajstić information content (AvgIpc) is 3.70. The zero-order valence-electron chi connectivity index (χ0n) is 20.9. The van der Waals surface area contributed by atoms with E-state index in [-0.39, 0.29) is 11.0 Å². The second kappa shape index (κ2) is 8.58. The molecule has 5 aromatic rings. The van der Waals surface area contributed by atoms with Crippen LogP contribution in [-0.4, -0.2) is 24.4 Å². The molecule has 0 saturated heterocycles. The van der Waals surface area contributed by atoms with Crippen molar-refractivity contribution in [3.63, 3.8) is 0 Å². The smallest absolute Gasteiger partial charge is 0.266 e. The quantitative estimate of drug-likeness (QED) is 0.293. The lowest BCUT2D eigenvalue weighted by atomic mass is 9.48. The molecule has 4 aliphatic carbocycles. The van der Waals surface area contributed by atoms with Crippen LogP contribution in [0.1, 0.15) is 60.5 Å². The van der Waals surface area contributed by atoms with Crippen LogP contribution in [0.2, 0.25) is 0 Å². The van der Waals surface area contributed by atoms with E-state index in [1.54, 1.807) is 11.3 Å². The number of aromatic nitrogens is 5. The molecule has 0 spiro atoms. The molecule has 0 unspecified atom stereocenters. The highest BCUT2D eigenvalue weighted by molar-refractivity contribution is 7.15. The summed E-state index contributed by atoms with van der Waals surface area (Å²) in [6, 6.07) is 14.4. The molecule has 4 heterocycles. The molecule has 0 N–H and O–H groups in total. The van der Waals surface area contributed by atoms with Crippen LogP contribution in [0.25, 0.3) is 28.9 Å². The van der Waals surface area contributed by atoms with Gasteiger partial charge >= 0.3 is 0 Å².